The molecule has 4 heteroatoms. The van der Waals surface area contributed by atoms with Crippen molar-refractivity contribution in [2.45, 2.75) is 32.1 Å². The number of phenols is 1. The molecule has 0 saturated heterocycles. The number of carbonyl (C=O) groups is 1. The Labute approximate surface area is 99.8 Å². The predicted octanol–water partition coefficient (Wildman–Crippen LogP) is 2.13. The summed E-state index contributed by atoms with van der Waals surface area (Å²) in [5, 5.41) is 19.5. The first kappa shape index (κ1) is 11.8. The molecule has 0 unspecified atom stereocenters. The third-order valence-electron chi connectivity index (χ3n) is 3.48. The molecule has 1 aliphatic rings. The van der Waals surface area contributed by atoms with Gasteiger partial charge in [-0.3, -0.25) is 4.79 Å². The van der Waals surface area contributed by atoms with Gasteiger partial charge in [-0.2, -0.15) is 0 Å². The first-order valence-electron chi connectivity index (χ1n) is 5.55. The van der Waals surface area contributed by atoms with Crippen LogP contribution in [0.4, 0.5) is 0 Å². The first-order chi connectivity index (χ1) is 7.94. The molecule has 92 valence electrons. The van der Waals surface area contributed by atoms with Gasteiger partial charge in [-0.15, -0.1) is 0 Å². The van der Waals surface area contributed by atoms with E-state index in [1.807, 2.05) is 19.9 Å². The molecule has 0 spiro atoms. The largest absolute Gasteiger partial charge is 0.504 e. The number of hydrogen-bond donors (Lipinski definition) is 2. The van der Waals surface area contributed by atoms with Crippen LogP contribution in [-0.2, 0) is 10.2 Å². The summed E-state index contributed by atoms with van der Waals surface area (Å²) < 4.78 is 5.13. The van der Waals surface area contributed by atoms with E-state index in [1.54, 1.807) is 0 Å². The van der Waals surface area contributed by atoms with E-state index >= 15 is 0 Å². The summed E-state index contributed by atoms with van der Waals surface area (Å²) >= 11 is 0. The summed E-state index contributed by atoms with van der Waals surface area (Å²) in [4.78, 5) is 11.3. The van der Waals surface area contributed by atoms with Crippen LogP contribution in [0.2, 0.25) is 0 Å². The maximum absolute atomic E-state index is 11.3. The molecule has 0 aromatic heterocycles. The Morgan fingerprint density at radius 2 is 1.94 bits per heavy atom. The van der Waals surface area contributed by atoms with Crippen molar-refractivity contribution in [3.63, 3.8) is 0 Å². The molecule has 0 aliphatic heterocycles. The molecule has 1 aliphatic carbocycles. The lowest BCUT2D eigenvalue weighted by molar-refractivity contribution is -0.140. The molecule has 0 bridgehead atoms. The molecule has 1 saturated carbocycles. The molecule has 2 N–H and O–H groups in total. The van der Waals surface area contributed by atoms with Crippen molar-refractivity contribution in [1.29, 1.82) is 0 Å². The van der Waals surface area contributed by atoms with Crippen LogP contribution in [0.15, 0.2) is 6.07 Å². The maximum Gasteiger partial charge on any atom is 0.314 e. The number of ether oxygens (including phenoxy) is 1. The summed E-state index contributed by atoms with van der Waals surface area (Å²) in [6.07, 6.45) is 1.14. The molecule has 1 aromatic carbocycles. The molecule has 0 radical (unpaired) electrons. The Bertz CT molecular complexity index is 487. The quantitative estimate of drug-likeness (QED) is 0.843. The SMILES string of the molecule is COc1c(C)cc(C)c(C2(C(=O)O)CC2)c1O. The molecule has 17 heavy (non-hydrogen) atoms. The summed E-state index contributed by atoms with van der Waals surface area (Å²) in [6.45, 7) is 3.65. The standard InChI is InChI=1S/C13H16O4/c1-7-6-8(2)11(17-3)10(14)9(7)13(4-5-13)12(15)16/h6,14H,4-5H2,1-3H3,(H,15,16). The predicted molar refractivity (Wildman–Crippen MR) is 62.7 cm³/mol. The van der Waals surface area contributed by atoms with Gasteiger partial charge in [-0.05, 0) is 37.8 Å². The number of methoxy groups -OCH3 is 1. The van der Waals surface area contributed by atoms with Crippen molar-refractivity contribution in [2.24, 2.45) is 0 Å². The van der Waals surface area contributed by atoms with E-state index in [9.17, 15) is 15.0 Å². The van der Waals surface area contributed by atoms with Gasteiger partial charge in [-0.1, -0.05) is 6.07 Å². The number of aromatic hydroxyl groups is 1. The van der Waals surface area contributed by atoms with Crippen molar-refractivity contribution in [3.05, 3.63) is 22.8 Å². The van der Waals surface area contributed by atoms with Crippen LogP contribution in [0.3, 0.4) is 0 Å². The maximum atomic E-state index is 11.3. The van der Waals surface area contributed by atoms with Gasteiger partial charge >= 0.3 is 5.97 Å². The number of aryl methyl sites for hydroxylation is 2. The van der Waals surface area contributed by atoms with Gasteiger partial charge in [0, 0.05) is 5.56 Å². The Kier molecular flexibility index (Phi) is 2.53. The molecular weight excluding hydrogens is 220 g/mol. The van der Waals surface area contributed by atoms with E-state index in [1.165, 1.54) is 7.11 Å². The van der Waals surface area contributed by atoms with Crippen molar-refractivity contribution in [2.75, 3.05) is 7.11 Å². The number of aliphatic carboxylic acids is 1. The van der Waals surface area contributed by atoms with Crippen LogP contribution in [0, 0.1) is 13.8 Å². The number of hydrogen-bond acceptors (Lipinski definition) is 3. The van der Waals surface area contributed by atoms with E-state index in [4.69, 9.17) is 4.74 Å². The fraction of sp³-hybridized carbons (Fsp3) is 0.462. The zero-order chi connectivity index (χ0) is 12.8. The lowest BCUT2D eigenvalue weighted by Crippen LogP contribution is -2.21. The van der Waals surface area contributed by atoms with Crippen molar-refractivity contribution >= 4 is 5.97 Å². The van der Waals surface area contributed by atoms with Gasteiger partial charge in [0.05, 0.1) is 12.5 Å². The van der Waals surface area contributed by atoms with Gasteiger partial charge in [0.1, 0.15) is 0 Å². The Balaban J connectivity index is 2.66. The average molecular weight is 236 g/mol. The van der Waals surface area contributed by atoms with Crippen LogP contribution in [-0.4, -0.2) is 23.3 Å². The average Bonchev–Trinajstić information content (AvgIpc) is 2.98. The minimum atomic E-state index is -0.908. The lowest BCUT2D eigenvalue weighted by atomic mass is 9.89. The van der Waals surface area contributed by atoms with Crippen molar-refractivity contribution in [1.82, 2.24) is 0 Å². The number of carboxylic acids is 1. The van der Waals surface area contributed by atoms with E-state index < -0.39 is 11.4 Å². The highest BCUT2D eigenvalue weighted by atomic mass is 16.5. The number of rotatable bonds is 3. The highest BCUT2D eigenvalue weighted by Gasteiger charge is 2.54. The molecule has 4 nitrogen and oxygen atoms in total. The van der Waals surface area contributed by atoms with Crippen LogP contribution >= 0.6 is 0 Å². The fourth-order valence-electron chi connectivity index (χ4n) is 2.51. The van der Waals surface area contributed by atoms with Crippen LogP contribution < -0.4 is 4.74 Å². The third kappa shape index (κ3) is 1.55. The van der Waals surface area contributed by atoms with Crippen LogP contribution in [0.25, 0.3) is 0 Å². The molecule has 1 aromatic rings. The van der Waals surface area contributed by atoms with E-state index in [0.717, 1.165) is 11.1 Å². The van der Waals surface area contributed by atoms with Crippen molar-refractivity contribution < 1.29 is 19.7 Å². The minimum absolute atomic E-state index is 0.0232. The highest BCUT2D eigenvalue weighted by Crippen LogP contribution is 2.55. The first-order valence-corrected chi connectivity index (χ1v) is 5.55. The lowest BCUT2D eigenvalue weighted by Gasteiger charge is -2.19. The van der Waals surface area contributed by atoms with Crippen LogP contribution in [0.5, 0.6) is 11.5 Å². The highest BCUT2D eigenvalue weighted by molar-refractivity contribution is 5.87. The summed E-state index contributed by atoms with van der Waals surface area (Å²) in [6, 6.07) is 1.86. The van der Waals surface area contributed by atoms with Gasteiger partial charge in [0.2, 0.25) is 0 Å². The fourth-order valence-corrected chi connectivity index (χ4v) is 2.51. The van der Waals surface area contributed by atoms with E-state index in [2.05, 4.69) is 0 Å². The monoisotopic (exact) mass is 236 g/mol. The van der Waals surface area contributed by atoms with Gasteiger partial charge in [0.25, 0.3) is 0 Å². The normalized spacial score (nSPS) is 16.6. The summed E-state index contributed by atoms with van der Waals surface area (Å²) in [7, 11) is 1.47. The third-order valence-corrected chi connectivity index (χ3v) is 3.48. The Morgan fingerprint density at radius 1 is 1.35 bits per heavy atom. The molecule has 0 amide bonds. The van der Waals surface area contributed by atoms with E-state index in [-0.39, 0.29) is 5.75 Å². The van der Waals surface area contributed by atoms with Crippen LogP contribution in [0.1, 0.15) is 29.5 Å². The zero-order valence-corrected chi connectivity index (χ0v) is 10.2. The Morgan fingerprint density at radius 3 is 2.35 bits per heavy atom. The smallest absolute Gasteiger partial charge is 0.314 e. The Hall–Kier alpha value is -1.71. The molecular formula is C13H16O4. The topological polar surface area (TPSA) is 66.8 Å². The summed E-state index contributed by atoms with van der Waals surface area (Å²) in [5.41, 5.74) is 1.22. The number of benzene rings is 1. The van der Waals surface area contributed by atoms with Gasteiger partial charge in [-0.25, -0.2) is 0 Å². The number of carboxylic acid groups (broad SMARTS) is 1. The second kappa shape index (κ2) is 3.65. The molecule has 2 rings (SSSR count). The molecule has 0 heterocycles. The van der Waals surface area contributed by atoms with Gasteiger partial charge < -0.3 is 14.9 Å². The number of phenolic OH excluding ortho intramolecular Hbond substituents is 1. The van der Waals surface area contributed by atoms with Crippen molar-refractivity contribution in [3.8, 4) is 11.5 Å². The van der Waals surface area contributed by atoms with Gasteiger partial charge in [0.15, 0.2) is 11.5 Å². The van der Waals surface area contributed by atoms with E-state index in [0.29, 0.717) is 24.2 Å². The molecule has 0 atom stereocenters. The second-order valence-electron chi connectivity index (χ2n) is 4.65. The zero-order valence-electron chi connectivity index (χ0n) is 10.2. The second-order valence-corrected chi connectivity index (χ2v) is 4.65. The minimum Gasteiger partial charge on any atom is -0.504 e. The molecule has 1 fully saturated rings. The summed E-state index contributed by atoms with van der Waals surface area (Å²) in [5.74, 6) is -0.523.